The van der Waals surface area contributed by atoms with Crippen LogP contribution in [0.4, 0.5) is 4.39 Å². The highest BCUT2D eigenvalue weighted by Gasteiger charge is 2.23. The molecule has 0 saturated carbocycles. The van der Waals surface area contributed by atoms with Crippen LogP contribution in [0.3, 0.4) is 0 Å². The van der Waals surface area contributed by atoms with Crippen molar-refractivity contribution < 1.29 is 9.50 Å². The molecule has 1 aromatic carbocycles. The van der Waals surface area contributed by atoms with Crippen molar-refractivity contribution in [3.63, 3.8) is 0 Å². The van der Waals surface area contributed by atoms with Crippen LogP contribution in [0, 0.1) is 18.7 Å². The summed E-state index contributed by atoms with van der Waals surface area (Å²) in [6.07, 6.45) is 0.217. The predicted octanol–water partition coefficient (Wildman–Crippen LogP) is 2.54. The fourth-order valence-electron chi connectivity index (χ4n) is 1.76. The summed E-state index contributed by atoms with van der Waals surface area (Å²) in [5.41, 5.74) is 7.18. The minimum atomic E-state index is -0.634. The first-order valence-corrected chi connectivity index (χ1v) is 5.67. The van der Waals surface area contributed by atoms with Gasteiger partial charge in [0, 0.05) is 0 Å². The van der Waals surface area contributed by atoms with E-state index in [4.69, 9.17) is 5.73 Å². The first kappa shape index (κ1) is 13.1. The third-order valence-corrected chi connectivity index (χ3v) is 3.26. The van der Waals surface area contributed by atoms with Crippen LogP contribution in [0.1, 0.15) is 37.4 Å². The second-order valence-electron chi connectivity index (χ2n) is 4.36. The molecule has 1 aromatic rings. The molecule has 1 unspecified atom stereocenters. The fraction of sp³-hybridized carbons (Fsp3) is 0.538. The molecule has 3 N–H and O–H groups in total. The molecule has 0 aromatic heterocycles. The first-order chi connectivity index (χ1) is 7.49. The molecule has 1 rings (SSSR count). The molecule has 0 amide bonds. The lowest BCUT2D eigenvalue weighted by Gasteiger charge is -2.25. The van der Waals surface area contributed by atoms with Gasteiger partial charge in [0.25, 0.3) is 0 Å². The van der Waals surface area contributed by atoms with Gasteiger partial charge in [-0.2, -0.15) is 0 Å². The molecule has 0 saturated heterocycles. The normalized spacial score (nSPS) is 16.9. The standard InChI is InChI=1S/C13H20FNO/c1-4-8(2)13(16)12(15)10-6-5-7-11(14)9(10)3/h5-8,12-13,16H,4,15H2,1-3H3/t8?,12-,13+/m0/s1. The number of hydrogen-bond acceptors (Lipinski definition) is 2. The Labute approximate surface area is 96.3 Å². The van der Waals surface area contributed by atoms with Gasteiger partial charge in [-0.15, -0.1) is 0 Å². The van der Waals surface area contributed by atoms with Crippen LogP contribution in [-0.4, -0.2) is 11.2 Å². The Hall–Kier alpha value is -0.930. The zero-order chi connectivity index (χ0) is 12.3. The lowest BCUT2D eigenvalue weighted by atomic mass is 9.89. The Morgan fingerprint density at radius 1 is 1.44 bits per heavy atom. The van der Waals surface area contributed by atoms with Gasteiger partial charge in [-0.1, -0.05) is 32.4 Å². The van der Waals surface area contributed by atoms with E-state index in [1.165, 1.54) is 6.07 Å². The summed E-state index contributed by atoms with van der Waals surface area (Å²) < 4.78 is 13.3. The molecular weight excluding hydrogens is 205 g/mol. The molecule has 0 fully saturated rings. The summed E-state index contributed by atoms with van der Waals surface area (Å²) in [7, 11) is 0. The molecule has 2 nitrogen and oxygen atoms in total. The number of aliphatic hydroxyl groups is 1. The quantitative estimate of drug-likeness (QED) is 0.827. The zero-order valence-corrected chi connectivity index (χ0v) is 10.1. The van der Waals surface area contributed by atoms with Gasteiger partial charge >= 0.3 is 0 Å². The average molecular weight is 225 g/mol. The molecule has 0 aliphatic heterocycles. The van der Waals surface area contributed by atoms with E-state index in [-0.39, 0.29) is 11.7 Å². The van der Waals surface area contributed by atoms with E-state index in [2.05, 4.69) is 0 Å². The Balaban J connectivity index is 2.96. The summed E-state index contributed by atoms with van der Waals surface area (Å²) in [5, 5.41) is 10.0. The Morgan fingerprint density at radius 3 is 2.62 bits per heavy atom. The summed E-state index contributed by atoms with van der Waals surface area (Å²) in [6, 6.07) is 4.28. The van der Waals surface area contributed by atoms with E-state index < -0.39 is 12.1 Å². The minimum absolute atomic E-state index is 0.109. The number of benzene rings is 1. The zero-order valence-electron chi connectivity index (χ0n) is 10.1. The average Bonchev–Trinajstić information content (AvgIpc) is 2.29. The van der Waals surface area contributed by atoms with Crippen molar-refractivity contribution in [3.05, 3.63) is 35.1 Å². The van der Waals surface area contributed by atoms with Crippen LogP contribution in [0.15, 0.2) is 18.2 Å². The van der Waals surface area contributed by atoms with Crippen LogP contribution in [-0.2, 0) is 0 Å². The monoisotopic (exact) mass is 225 g/mol. The number of rotatable bonds is 4. The highest BCUT2D eigenvalue weighted by atomic mass is 19.1. The minimum Gasteiger partial charge on any atom is -0.391 e. The van der Waals surface area contributed by atoms with Gasteiger partial charge < -0.3 is 10.8 Å². The van der Waals surface area contributed by atoms with Crippen molar-refractivity contribution in [2.75, 3.05) is 0 Å². The molecule has 0 bridgehead atoms. The molecule has 0 aliphatic carbocycles. The van der Waals surface area contributed by atoms with Gasteiger partial charge in [-0.3, -0.25) is 0 Å². The Bertz CT molecular complexity index is 354. The molecule has 0 aliphatic rings. The topological polar surface area (TPSA) is 46.2 Å². The molecule has 0 radical (unpaired) electrons. The number of aliphatic hydroxyl groups excluding tert-OH is 1. The second kappa shape index (κ2) is 5.41. The summed E-state index contributed by atoms with van der Waals surface area (Å²) in [6.45, 7) is 5.63. The van der Waals surface area contributed by atoms with Gasteiger partial charge in [0.1, 0.15) is 5.82 Å². The summed E-state index contributed by atoms with van der Waals surface area (Å²) in [4.78, 5) is 0. The highest BCUT2D eigenvalue weighted by Crippen LogP contribution is 2.25. The number of hydrogen-bond donors (Lipinski definition) is 2. The second-order valence-corrected chi connectivity index (χ2v) is 4.36. The van der Waals surface area contributed by atoms with Gasteiger partial charge in [-0.05, 0) is 30.0 Å². The maximum atomic E-state index is 13.3. The Morgan fingerprint density at radius 2 is 2.06 bits per heavy atom. The number of nitrogens with two attached hydrogens (primary N) is 1. The van der Waals surface area contributed by atoms with Gasteiger partial charge in [0.15, 0.2) is 0 Å². The van der Waals surface area contributed by atoms with Gasteiger partial charge in [0.2, 0.25) is 0 Å². The fourth-order valence-corrected chi connectivity index (χ4v) is 1.76. The van der Waals surface area contributed by atoms with E-state index in [0.29, 0.717) is 11.1 Å². The van der Waals surface area contributed by atoms with Crippen LogP contribution < -0.4 is 5.73 Å². The molecule has 3 heteroatoms. The summed E-state index contributed by atoms with van der Waals surface area (Å²) in [5.74, 6) is -0.165. The van der Waals surface area contributed by atoms with Gasteiger partial charge in [-0.25, -0.2) is 4.39 Å². The molecule has 3 atom stereocenters. The van der Waals surface area contributed by atoms with Crippen LogP contribution >= 0.6 is 0 Å². The highest BCUT2D eigenvalue weighted by molar-refractivity contribution is 5.30. The number of halogens is 1. The Kier molecular flexibility index (Phi) is 4.44. The van der Waals surface area contributed by atoms with E-state index in [0.717, 1.165) is 6.42 Å². The largest absolute Gasteiger partial charge is 0.391 e. The summed E-state index contributed by atoms with van der Waals surface area (Å²) >= 11 is 0. The lowest BCUT2D eigenvalue weighted by molar-refractivity contribution is 0.0877. The first-order valence-electron chi connectivity index (χ1n) is 5.67. The van der Waals surface area contributed by atoms with Crippen LogP contribution in [0.25, 0.3) is 0 Å². The van der Waals surface area contributed by atoms with Crippen molar-refractivity contribution in [2.24, 2.45) is 11.7 Å². The van der Waals surface area contributed by atoms with Crippen molar-refractivity contribution in [3.8, 4) is 0 Å². The van der Waals surface area contributed by atoms with E-state index >= 15 is 0 Å². The van der Waals surface area contributed by atoms with Crippen molar-refractivity contribution in [1.29, 1.82) is 0 Å². The van der Waals surface area contributed by atoms with E-state index in [1.807, 2.05) is 13.8 Å². The molecule has 90 valence electrons. The van der Waals surface area contributed by atoms with Crippen molar-refractivity contribution in [1.82, 2.24) is 0 Å². The molecular formula is C13H20FNO. The maximum absolute atomic E-state index is 13.3. The molecule has 16 heavy (non-hydrogen) atoms. The smallest absolute Gasteiger partial charge is 0.126 e. The lowest BCUT2D eigenvalue weighted by Crippen LogP contribution is -2.32. The van der Waals surface area contributed by atoms with Crippen molar-refractivity contribution >= 4 is 0 Å². The van der Waals surface area contributed by atoms with E-state index in [9.17, 15) is 9.50 Å². The third-order valence-electron chi connectivity index (χ3n) is 3.26. The third kappa shape index (κ3) is 2.60. The van der Waals surface area contributed by atoms with Crippen LogP contribution in [0.5, 0.6) is 0 Å². The predicted molar refractivity (Wildman–Crippen MR) is 63.5 cm³/mol. The SMILES string of the molecule is CCC(C)[C@@H](O)[C@@H](N)c1cccc(F)c1C. The van der Waals surface area contributed by atoms with Crippen molar-refractivity contribution in [2.45, 2.75) is 39.3 Å². The molecule has 0 spiro atoms. The van der Waals surface area contributed by atoms with Gasteiger partial charge in [0.05, 0.1) is 12.1 Å². The maximum Gasteiger partial charge on any atom is 0.126 e. The van der Waals surface area contributed by atoms with Crippen LogP contribution in [0.2, 0.25) is 0 Å². The molecule has 0 heterocycles. The van der Waals surface area contributed by atoms with E-state index in [1.54, 1.807) is 19.1 Å².